The zero-order valence-electron chi connectivity index (χ0n) is 11.7. The number of amides is 2. The van der Waals surface area contributed by atoms with E-state index in [-0.39, 0.29) is 17.9 Å². The number of carbonyl (C=O) groups excluding carboxylic acids is 2. The average Bonchev–Trinajstić information content (AvgIpc) is 2.96. The molecule has 1 aromatic heterocycles. The van der Waals surface area contributed by atoms with Crippen LogP contribution in [0.4, 0.5) is 0 Å². The minimum Gasteiger partial charge on any atom is -0.344 e. The minimum absolute atomic E-state index is 0.108. The van der Waals surface area contributed by atoms with Gasteiger partial charge in [0.2, 0.25) is 11.8 Å². The molecule has 2 aliphatic rings. The quantitative estimate of drug-likeness (QED) is 0.834. The molecule has 0 radical (unpaired) electrons. The minimum atomic E-state index is -0.256. The van der Waals surface area contributed by atoms with E-state index in [1.807, 2.05) is 29.5 Å². The maximum absolute atomic E-state index is 12.5. The molecule has 2 fully saturated rings. The van der Waals surface area contributed by atoms with Gasteiger partial charge in [0.1, 0.15) is 6.04 Å². The number of hydrogen-bond donors (Lipinski definition) is 0. The molecule has 0 aromatic carbocycles. The van der Waals surface area contributed by atoms with E-state index in [1.54, 1.807) is 16.2 Å². The second-order valence-electron chi connectivity index (χ2n) is 5.82. The molecule has 2 amide bonds. The first-order valence-corrected chi connectivity index (χ1v) is 8.10. The van der Waals surface area contributed by atoms with Gasteiger partial charge in [-0.3, -0.25) is 9.59 Å². The number of rotatable bonds is 5. The zero-order chi connectivity index (χ0) is 14.1. The molecule has 5 heteroatoms. The summed E-state index contributed by atoms with van der Waals surface area (Å²) in [5, 5.41) is 2.01. The van der Waals surface area contributed by atoms with Gasteiger partial charge in [-0.1, -0.05) is 6.07 Å². The van der Waals surface area contributed by atoms with Crippen LogP contribution >= 0.6 is 11.3 Å². The van der Waals surface area contributed by atoms with Gasteiger partial charge in [0.05, 0.1) is 6.54 Å². The lowest BCUT2D eigenvalue weighted by atomic mass is 10.2. The average molecular weight is 292 g/mol. The van der Waals surface area contributed by atoms with Gasteiger partial charge in [-0.2, -0.15) is 0 Å². The Balaban J connectivity index is 1.66. The highest BCUT2D eigenvalue weighted by molar-refractivity contribution is 7.09. The summed E-state index contributed by atoms with van der Waals surface area (Å²) in [5.41, 5.74) is 0. The highest BCUT2D eigenvalue weighted by Gasteiger charge is 2.38. The van der Waals surface area contributed by atoms with Crippen molar-refractivity contribution in [1.82, 2.24) is 9.80 Å². The van der Waals surface area contributed by atoms with E-state index in [0.29, 0.717) is 25.3 Å². The molecule has 108 valence electrons. The van der Waals surface area contributed by atoms with Gasteiger partial charge in [-0.15, -0.1) is 11.3 Å². The third kappa shape index (κ3) is 2.87. The zero-order valence-corrected chi connectivity index (χ0v) is 12.6. The number of likely N-dealkylation sites (tertiary alicyclic amines) is 1. The predicted octanol–water partition coefficient (Wildman–Crippen LogP) is 2.11. The van der Waals surface area contributed by atoms with Crippen molar-refractivity contribution < 1.29 is 9.59 Å². The molecule has 4 nitrogen and oxygen atoms in total. The molecular weight excluding hydrogens is 272 g/mol. The van der Waals surface area contributed by atoms with Gasteiger partial charge in [0, 0.05) is 24.9 Å². The molecule has 0 N–H and O–H groups in total. The molecular formula is C15H20N2O2S. The summed E-state index contributed by atoms with van der Waals surface area (Å²) in [4.78, 5) is 29.3. The Bertz CT molecular complexity index is 496. The van der Waals surface area contributed by atoms with Crippen LogP contribution in [-0.4, -0.2) is 41.2 Å². The summed E-state index contributed by atoms with van der Waals surface area (Å²) in [6.45, 7) is 1.42. The van der Waals surface area contributed by atoms with Gasteiger partial charge in [0.25, 0.3) is 0 Å². The van der Waals surface area contributed by atoms with E-state index in [2.05, 4.69) is 0 Å². The summed E-state index contributed by atoms with van der Waals surface area (Å²) in [5.74, 6) is 0.905. The molecule has 1 atom stereocenters. The van der Waals surface area contributed by atoms with Crippen molar-refractivity contribution >= 4 is 23.2 Å². The van der Waals surface area contributed by atoms with Gasteiger partial charge in [0.15, 0.2) is 0 Å². The van der Waals surface area contributed by atoms with Crippen LogP contribution in [0.2, 0.25) is 0 Å². The Labute approximate surface area is 123 Å². The SMILES string of the molecule is CN(CC1CC1)C(=O)C1CCC(=O)N1Cc1cccs1. The highest BCUT2D eigenvalue weighted by atomic mass is 32.1. The Morgan fingerprint density at radius 1 is 1.45 bits per heavy atom. The molecule has 1 aliphatic carbocycles. The molecule has 1 aliphatic heterocycles. The van der Waals surface area contributed by atoms with Crippen LogP contribution in [0.5, 0.6) is 0 Å². The van der Waals surface area contributed by atoms with Crippen LogP contribution in [0.1, 0.15) is 30.6 Å². The van der Waals surface area contributed by atoms with E-state index in [9.17, 15) is 9.59 Å². The van der Waals surface area contributed by atoms with Crippen molar-refractivity contribution in [2.45, 2.75) is 38.3 Å². The molecule has 1 saturated heterocycles. The van der Waals surface area contributed by atoms with E-state index in [1.165, 1.54) is 12.8 Å². The van der Waals surface area contributed by atoms with Crippen LogP contribution in [-0.2, 0) is 16.1 Å². The number of hydrogen-bond acceptors (Lipinski definition) is 3. The lowest BCUT2D eigenvalue weighted by Gasteiger charge is -2.27. The molecule has 1 aromatic rings. The lowest BCUT2D eigenvalue weighted by Crippen LogP contribution is -2.45. The first-order chi connectivity index (χ1) is 9.65. The Morgan fingerprint density at radius 2 is 2.25 bits per heavy atom. The number of carbonyl (C=O) groups is 2. The third-order valence-electron chi connectivity index (χ3n) is 4.12. The summed E-state index contributed by atoms with van der Waals surface area (Å²) in [6.07, 6.45) is 3.64. The van der Waals surface area contributed by atoms with Crippen LogP contribution in [0.3, 0.4) is 0 Å². The van der Waals surface area contributed by atoms with Crippen molar-refractivity contribution in [1.29, 1.82) is 0 Å². The van der Waals surface area contributed by atoms with Gasteiger partial charge < -0.3 is 9.80 Å². The van der Waals surface area contributed by atoms with Crippen molar-refractivity contribution in [3.05, 3.63) is 22.4 Å². The fourth-order valence-corrected chi connectivity index (χ4v) is 3.49. The first-order valence-electron chi connectivity index (χ1n) is 7.22. The third-order valence-corrected chi connectivity index (χ3v) is 4.99. The Hall–Kier alpha value is -1.36. The second kappa shape index (κ2) is 5.56. The molecule has 2 heterocycles. The highest BCUT2D eigenvalue weighted by Crippen LogP contribution is 2.30. The van der Waals surface area contributed by atoms with Gasteiger partial charge in [-0.05, 0) is 36.6 Å². The summed E-state index contributed by atoms with van der Waals surface area (Å²) in [7, 11) is 1.87. The number of likely N-dealkylation sites (N-methyl/N-ethyl adjacent to an activating group) is 1. The fourth-order valence-electron chi connectivity index (χ4n) is 2.79. The Kier molecular flexibility index (Phi) is 3.78. The van der Waals surface area contributed by atoms with Crippen LogP contribution in [0, 0.1) is 5.92 Å². The molecule has 0 bridgehead atoms. The maximum atomic E-state index is 12.5. The van der Waals surface area contributed by atoms with Crippen LogP contribution in [0.15, 0.2) is 17.5 Å². The van der Waals surface area contributed by atoms with Crippen molar-refractivity contribution in [2.75, 3.05) is 13.6 Å². The summed E-state index contributed by atoms with van der Waals surface area (Å²) >= 11 is 1.64. The van der Waals surface area contributed by atoms with Crippen molar-refractivity contribution in [3.63, 3.8) is 0 Å². The molecule has 0 spiro atoms. The van der Waals surface area contributed by atoms with E-state index in [0.717, 1.165) is 11.4 Å². The standard InChI is InChI=1S/C15H20N2O2S/c1-16(9-11-4-5-11)15(19)13-6-7-14(18)17(13)10-12-3-2-8-20-12/h2-3,8,11,13H,4-7,9-10H2,1H3. The summed E-state index contributed by atoms with van der Waals surface area (Å²) in [6, 6.07) is 3.75. The smallest absolute Gasteiger partial charge is 0.245 e. The molecule has 1 saturated carbocycles. The fraction of sp³-hybridized carbons (Fsp3) is 0.600. The summed E-state index contributed by atoms with van der Waals surface area (Å²) < 4.78 is 0. The van der Waals surface area contributed by atoms with Crippen LogP contribution < -0.4 is 0 Å². The topological polar surface area (TPSA) is 40.6 Å². The van der Waals surface area contributed by atoms with Crippen molar-refractivity contribution in [2.24, 2.45) is 5.92 Å². The van der Waals surface area contributed by atoms with E-state index < -0.39 is 0 Å². The normalized spacial score (nSPS) is 22.4. The van der Waals surface area contributed by atoms with Gasteiger partial charge in [-0.25, -0.2) is 0 Å². The maximum Gasteiger partial charge on any atom is 0.245 e. The Morgan fingerprint density at radius 3 is 2.90 bits per heavy atom. The van der Waals surface area contributed by atoms with Crippen molar-refractivity contribution in [3.8, 4) is 0 Å². The number of nitrogens with zero attached hydrogens (tertiary/aromatic N) is 2. The lowest BCUT2D eigenvalue weighted by molar-refractivity contribution is -0.141. The molecule has 1 unspecified atom stereocenters. The molecule has 3 rings (SSSR count). The van der Waals surface area contributed by atoms with E-state index >= 15 is 0 Å². The molecule has 20 heavy (non-hydrogen) atoms. The monoisotopic (exact) mass is 292 g/mol. The number of thiophene rings is 1. The largest absolute Gasteiger partial charge is 0.344 e. The van der Waals surface area contributed by atoms with E-state index in [4.69, 9.17) is 0 Å². The second-order valence-corrected chi connectivity index (χ2v) is 6.85. The predicted molar refractivity (Wildman–Crippen MR) is 78.3 cm³/mol. The van der Waals surface area contributed by atoms with Crippen LogP contribution in [0.25, 0.3) is 0 Å². The van der Waals surface area contributed by atoms with Gasteiger partial charge >= 0.3 is 0 Å². The first kappa shape index (κ1) is 13.6.